The van der Waals surface area contributed by atoms with E-state index in [1.807, 2.05) is 80.6 Å². The Morgan fingerprint density at radius 1 is 0.849 bits per heavy atom. The van der Waals surface area contributed by atoms with Crippen LogP contribution in [0.2, 0.25) is 0 Å². The van der Waals surface area contributed by atoms with Crippen LogP contribution in [0.1, 0.15) is 49.6 Å². The Labute approximate surface area is 306 Å². The summed E-state index contributed by atoms with van der Waals surface area (Å²) >= 11 is 0. The molecular weight excluding hydrogens is 672 g/mol. The van der Waals surface area contributed by atoms with Gasteiger partial charge in [-0.2, -0.15) is 0 Å². The Balaban J connectivity index is 0.893. The molecule has 4 aromatic carbocycles. The Morgan fingerprint density at radius 3 is 2.13 bits per heavy atom. The first kappa shape index (κ1) is 34.4. The maximum absolute atomic E-state index is 13.8. The number of carbonyl (C=O) groups excluding carboxylic acids is 4. The first-order chi connectivity index (χ1) is 25.7. The van der Waals surface area contributed by atoms with Crippen LogP contribution in [0.5, 0.6) is 0 Å². The molecule has 1 aromatic heterocycles. The quantitative estimate of drug-likeness (QED) is 0.0649. The van der Waals surface area contributed by atoms with E-state index >= 15 is 0 Å². The highest BCUT2D eigenvalue weighted by atomic mass is 16.5. The molecule has 0 spiro atoms. The highest BCUT2D eigenvalue weighted by Gasteiger charge is 2.60. The lowest BCUT2D eigenvalue weighted by Crippen LogP contribution is -2.37. The van der Waals surface area contributed by atoms with Crippen molar-refractivity contribution in [2.24, 2.45) is 17.3 Å². The highest BCUT2D eigenvalue weighted by molar-refractivity contribution is 6.06. The monoisotopic (exact) mass is 712 g/mol. The molecule has 2 amide bonds. The lowest BCUT2D eigenvalue weighted by Gasteiger charge is -2.28. The number of hydrogen-bond acceptors (Lipinski definition) is 9. The average Bonchev–Trinajstić information content (AvgIpc) is 3.97. The van der Waals surface area contributed by atoms with E-state index in [9.17, 15) is 19.2 Å². The summed E-state index contributed by atoms with van der Waals surface area (Å²) in [6.45, 7) is 3.84. The van der Waals surface area contributed by atoms with Crippen molar-refractivity contribution >= 4 is 45.3 Å². The molecule has 0 aliphatic carbocycles. The number of carbonyl (C=O) groups is 4. The van der Waals surface area contributed by atoms with Crippen molar-refractivity contribution in [1.82, 2.24) is 19.9 Å². The fourth-order valence-corrected chi connectivity index (χ4v) is 7.92. The summed E-state index contributed by atoms with van der Waals surface area (Å²) in [6, 6.07) is 27.9. The van der Waals surface area contributed by atoms with Gasteiger partial charge in [-0.3, -0.25) is 24.1 Å². The molecule has 5 atom stereocenters. The summed E-state index contributed by atoms with van der Waals surface area (Å²) in [4.78, 5) is 53.3. The largest absolute Gasteiger partial charge is 0.464 e. The van der Waals surface area contributed by atoms with E-state index < -0.39 is 23.2 Å². The van der Waals surface area contributed by atoms with E-state index in [1.54, 1.807) is 10.9 Å². The molecular formula is C42H40N4O7. The molecule has 2 fully saturated rings. The zero-order valence-electron chi connectivity index (χ0n) is 29.6. The first-order valence-corrected chi connectivity index (χ1v) is 18.0. The number of ether oxygens (including phenoxy) is 3. The van der Waals surface area contributed by atoms with Gasteiger partial charge in [0.2, 0.25) is 11.8 Å². The van der Waals surface area contributed by atoms with Crippen LogP contribution >= 0.6 is 0 Å². The van der Waals surface area contributed by atoms with Crippen molar-refractivity contribution in [2.75, 3.05) is 13.2 Å². The number of fused-ring (bicyclic) bond motifs is 7. The fourth-order valence-electron chi connectivity index (χ4n) is 7.92. The molecule has 8 rings (SSSR count). The van der Waals surface area contributed by atoms with Crippen molar-refractivity contribution in [3.05, 3.63) is 120 Å². The minimum Gasteiger partial charge on any atom is -0.464 e. The number of hydrogen-bond donors (Lipinski definition) is 0. The number of esters is 2. The molecule has 4 heterocycles. The average molecular weight is 713 g/mol. The molecule has 5 aromatic rings. The Hall–Kier alpha value is -5.68. The zero-order chi connectivity index (χ0) is 36.7. The summed E-state index contributed by atoms with van der Waals surface area (Å²) in [7, 11) is 0. The second-order valence-electron chi connectivity index (χ2n) is 14.6. The molecule has 53 heavy (non-hydrogen) atoms. The summed E-state index contributed by atoms with van der Waals surface area (Å²) in [5.74, 6) is -2.30. The molecule has 0 saturated carbocycles. The number of likely N-dealkylation sites (tertiary alicyclic amines) is 1. The summed E-state index contributed by atoms with van der Waals surface area (Å²) in [5, 5.41) is 13.0. The number of imide groups is 1. The van der Waals surface area contributed by atoms with Crippen LogP contribution in [0, 0.1) is 17.3 Å². The number of rotatable bonds is 13. The van der Waals surface area contributed by atoms with E-state index in [2.05, 4.69) is 40.6 Å². The predicted octanol–water partition coefficient (Wildman–Crippen LogP) is 5.75. The predicted molar refractivity (Wildman–Crippen MR) is 195 cm³/mol. The van der Waals surface area contributed by atoms with Crippen molar-refractivity contribution in [3.63, 3.8) is 0 Å². The maximum atomic E-state index is 13.8. The van der Waals surface area contributed by atoms with Crippen molar-refractivity contribution in [3.8, 4) is 0 Å². The lowest BCUT2D eigenvalue weighted by atomic mass is 9.83. The van der Waals surface area contributed by atoms with Crippen LogP contribution in [0.3, 0.4) is 0 Å². The molecule has 2 bridgehead atoms. The smallest absolute Gasteiger partial charge is 0.311 e. The van der Waals surface area contributed by atoms with Gasteiger partial charge in [0.1, 0.15) is 13.2 Å². The van der Waals surface area contributed by atoms with Crippen LogP contribution in [-0.4, -0.2) is 69.0 Å². The topological polar surface area (TPSA) is 130 Å². The molecule has 5 unspecified atom stereocenters. The normalized spacial score (nSPS) is 21.1. The molecule has 0 radical (unpaired) electrons. The zero-order valence-corrected chi connectivity index (χ0v) is 29.6. The van der Waals surface area contributed by atoms with Crippen molar-refractivity contribution < 1.29 is 33.4 Å². The molecule has 0 N–H and O–H groups in total. The minimum absolute atomic E-state index is 0.0154. The third-order valence-corrected chi connectivity index (χ3v) is 10.7. The number of aromatic nitrogens is 3. The molecule has 270 valence electrons. The van der Waals surface area contributed by atoms with Gasteiger partial charge < -0.3 is 14.2 Å². The summed E-state index contributed by atoms with van der Waals surface area (Å²) < 4.78 is 18.9. The summed E-state index contributed by atoms with van der Waals surface area (Å²) in [6.07, 6.45) is 5.46. The number of amides is 2. The van der Waals surface area contributed by atoms with E-state index in [0.29, 0.717) is 12.1 Å². The lowest BCUT2D eigenvalue weighted by molar-refractivity contribution is -0.156. The number of aryl methyl sites for hydroxylation is 1. The maximum Gasteiger partial charge on any atom is 0.311 e. The number of benzene rings is 4. The fraction of sp³-hybridized carbons (Fsp3) is 0.333. The van der Waals surface area contributed by atoms with E-state index in [-0.39, 0.29) is 68.6 Å². The van der Waals surface area contributed by atoms with Gasteiger partial charge in [0.25, 0.3) is 0 Å². The van der Waals surface area contributed by atoms with Gasteiger partial charge in [-0.15, -0.1) is 5.10 Å². The Morgan fingerprint density at radius 2 is 1.47 bits per heavy atom. The second kappa shape index (κ2) is 14.0. The van der Waals surface area contributed by atoms with Crippen molar-refractivity contribution in [1.29, 1.82) is 0 Å². The van der Waals surface area contributed by atoms with Gasteiger partial charge in [0, 0.05) is 18.2 Å². The first-order valence-electron chi connectivity index (χ1n) is 18.0. The SMILES string of the molecule is CC(C)(CC(c1ccccc1)n1cc(CCC(=O)OCCN2C(=O)C3C4C=CC(O4)C3C2=O)nn1)C(=O)OCc1c2ccccc2cc2ccccc12. The van der Waals surface area contributed by atoms with Crippen molar-refractivity contribution in [2.45, 2.75) is 58.0 Å². The molecule has 11 heteroatoms. The van der Waals surface area contributed by atoms with Gasteiger partial charge in [0.05, 0.1) is 54.2 Å². The van der Waals surface area contributed by atoms with Crippen LogP contribution in [0.25, 0.3) is 21.5 Å². The number of nitrogens with zero attached hydrogens (tertiary/aromatic N) is 4. The molecule has 11 nitrogen and oxygen atoms in total. The minimum atomic E-state index is -0.892. The van der Waals surface area contributed by atoms with Crippen LogP contribution in [0.15, 0.2) is 103 Å². The summed E-state index contributed by atoms with van der Waals surface area (Å²) in [5.41, 5.74) is 1.62. The highest BCUT2D eigenvalue weighted by Crippen LogP contribution is 2.45. The van der Waals surface area contributed by atoms with Crippen LogP contribution < -0.4 is 0 Å². The van der Waals surface area contributed by atoms with Gasteiger partial charge in [-0.1, -0.05) is 96.2 Å². The third kappa shape index (κ3) is 6.61. The van der Waals surface area contributed by atoms with Gasteiger partial charge in [-0.05, 0) is 53.4 Å². The van der Waals surface area contributed by atoms with Gasteiger partial charge in [-0.25, -0.2) is 4.68 Å². The van der Waals surface area contributed by atoms with E-state index in [0.717, 1.165) is 32.7 Å². The Kier molecular flexibility index (Phi) is 9.11. The molecule has 3 aliphatic rings. The van der Waals surface area contributed by atoms with Gasteiger partial charge in [0.15, 0.2) is 0 Å². The van der Waals surface area contributed by atoms with Gasteiger partial charge >= 0.3 is 11.9 Å². The van der Waals surface area contributed by atoms with Crippen LogP contribution in [-0.2, 0) is 46.4 Å². The second-order valence-corrected chi connectivity index (χ2v) is 14.6. The third-order valence-electron chi connectivity index (χ3n) is 10.7. The molecule has 3 aliphatic heterocycles. The standard InChI is InChI=1S/C42H40N4O7/c1-42(2,41(50)52-25-32-30-14-8-6-12-27(30)22-28-13-7-9-15-31(28)32)23-33(26-10-4-3-5-11-26)46-24-29(43-44-46)16-19-36(47)51-21-20-45-39(48)37-34-17-18-35(53-34)38(37)40(45)49/h3-15,17-18,22,24,33-35,37-38H,16,19-21,23,25H2,1-2H3. The van der Waals surface area contributed by atoms with E-state index in [1.165, 1.54) is 4.90 Å². The van der Waals surface area contributed by atoms with Crippen LogP contribution in [0.4, 0.5) is 0 Å². The molecule has 2 saturated heterocycles. The van der Waals surface area contributed by atoms with E-state index in [4.69, 9.17) is 14.2 Å². The Bertz CT molecular complexity index is 2160.